The average molecular weight is 312 g/mol. The molecule has 0 saturated heterocycles. The van der Waals surface area contributed by atoms with Gasteiger partial charge in [-0.15, -0.1) is 0 Å². The van der Waals surface area contributed by atoms with Crippen LogP contribution in [0.2, 0.25) is 0 Å². The zero-order valence-electron chi connectivity index (χ0n) is 13.0. The number of aromatic nitrogens is 4. The lowest BCUT2D eigenvalue weighted by Gasteiger charge is -2.08. The Kier molecular flexibility index (Phi) is 3.98. The lowest BCUT2D eigenvalue weighted by molar-refractivity contribution is 0.115. The maximum absolute atomic E-state index is 5.83. The van der Waals surface area contributed by atoms with Gasteiger partial charge in [0.2, 0.25) is 0 Å². The molecule has 0 unspecified atom stereocenters. The van der Waals surface area contributed by atoms with Crippen molar-refractivity contribution in [3.8, 4) is 17.0 Å². The van der Waals surface area contributed by atoms with Crippen molar-refractivity contribution in [1.29, 1.82) is 0 Å². The summed E-state index contributed by atoms with van der Waals surface area (Å²) in [5.74, 6) is 0.861. The Hall–Kier alpha value is -2.34. The molecule has 3 aromatic rings. The first-order valence-corrected chi connectivity index (χ1v) is 8.12. The van der Waals surface area contributed by atoms with E-state index in [2.05, 4.69) is 21.5 Å². The summed E-state index contributed by atoms with van der Waals surface area (Å²) < 4.78 is 13.4. The van der Waals surface area contributed by atoms with E-state index in [0.717, 1.165) is 66.9 Å². The number of fused-ring (bicyclic) bond motifs is 4. The molecule has 0 saturated carbocycles. The molecule has 1 aliphatic rings. The van der Waals surface area contributed by atoms with E-state index in [9.17, 15) is 0 Å². The molecule has 0 aliphatic carbocycles. The third-order valence-electron chi connectivity index (χ3n) is 4.07. The fraction of sp³-hybridized carbons (Fsp3) is 0.412. The lowest BCUT2D eigenvalue weighted by atomic mass is 10.1. The highest BCUT2D eigenvalue weighted by atomic mass is 16.5. The van der Waals surface area contributed by atoms with E-state index in [1.54, 1.807) is 0 Å². The molecule has 1 aromatic carbocycles. The molecule has 3 heterocycles. The summed E-state index contributed by atoms with van der Waals surface area (Å²) in [6.45, 7) is 3.10. The van der Waals surface area contributed by atoms with Gasteiger partial charge in [-0.05, 0) is 31.0 Å². The summed E-state index contributed by atoms with van der Waals surface area (Å²) >= 11 is 0. The van der Waals surface area contributed by atoms with Crippen molar-refractivity contribution in [3.05, 3.63) is 30.6 Å². The first kappa shape index (κ1) is 14.3. The summed E-state index contributed by atoms with van der Waals surface area (Å²) in [4.78, 5) is 0. The van der Waals surface area contributed by atoms with Gasteiger partial charge in [0, 0.05) is 43.3 Å². The normalized spacial score (nSPS) is 16.5. The van der Waals surface area contributed by atoms with Crippen LogP contribution in [0, 0.1) is 0 Å². The number of hydrogen-bond donors (Lipinski definition) is 1. The van der Waals surface area contributed by atoms with Gasteiger partial charge in [-0.1, -0.05) is 0 Å². The molecule has 2 aromatic heterocycles. The van der Waals surface area contributed by atoms with E-state index < -0.39 is 0 Å². The van der Waals surface area contributed by atoms with Gasteiger partial charge in [-0.25, -0.2) is 0 Å². The van der Waals surface area contributed by atoms with Crippen LogP contribution in [0.1, 0.15) is 19.3 Å². The van der Waals surface area contributed by atoms with E-state index in [-0.39, 0.29) is 0 Å². The monoisotopic (exact) mass is 312 g/mol. The fourth-order valence-electron chi connectivity index (χ4n) is 2.84. The number of aromatic amines is 1. The predicted molar refractivity (Wildman–Crippen MR) is 87.5 cm³/mol. The van der Waals surface area contributed by atoms with E-state index >= 15 is 0 Å². The Morgan fingerprint density at radius 3 is 3.04 bits per heavy atom. The Balaban J connectivity index is 1.70. The number of H-pyrrole nitrogens is 1. The molecular weight excluding hydrogens is 292 g/mol. The zero-order chi connectivity index (χ0) is 15.5. The maximum Gasteiger partial charge on any atom is 0.120 e. The minimum atomic E-state index is 0.663. The van der Waals surface area contributed by atoms with Crippen LogP contribution in [0.25, 0.3) is 22.2 Å². The van der Waals surface area contributed by atoms with Crippen molar-refractivity contribution in [2.75, 3.05) is 19.8 Å². The van der Waals surface area contributed by atoms with Gasteiger partial charge in [0.15, 0.2) is 0 Å². The van der Waals surface area contributed by atoms with Gasteiger partial charge in [-0.2, -0.15) is 10.2 Å². The van der Waals surface area contributed by atoms with Crippen LogP contribution >= 0.6 is 0 Å². The largest absolute Gasteiger partial charge is 0.493 e. The first-order valence-electron chi connectivity index (χ1n) is 8.12. The molecule has 0 fully saturated rings. The number of rotatable bonds is 0. The molecule has 0 radical (unpaired) electrons. The van der Waals surface area contributed by atoms with Crippen molar-refractivity contribution in [2.24, 2.45) is 0 Å². The predicted octanol–water partition coefficient (Wildman–Crippen LogP) is 3.01. The van der Waals surface area contributed by atoms with Crippen LogP contribution < -0.4 is 4.74 Å². The molecule has 0 atom stereocenters. The van der Waals surface area contributed by atoms with Gasteiger partial charge in [0.05, 0.1) is 18.3 Å². The van der Waals surface area contributed by atoms with Gasteiger partial charge in [-0.3, -0.25) is 9.78 Å². The third kappa shape index (κ3) is 3.07. The summed E-state index contributed by atoms with van der Waals surface area (Å²) in [7, 11) is 0. The summed E-state index contributed by atoms with van der Waals surface area (Å²) in [6, 6.07) is 6.02. The number of nitrogens with one attached hydrogen (secondary N) is 1. The molecule has 120 valence electrons. The first-order chi connectivity index (χ1) is 11.4. The Morgan fingerprint density at radius 2 is 2.04 bits per heavy atom. The summed E-state index contributed by atoms with van der Waals surface area (Å²) in [5.41, 5.74) is 2.95. The molecular formula is C17H20N4O2. The Labute approximate surface area is 134 Å². The highest BCUT2D eigenvalue weighted by molar-refractivity contribution is 5.93. The Bertz CT molecular complexity index is 793. The van der Waals surface area contributed by atoms with Crippen molar-refractivity contribution >= 4 is 10.9 Å². The van der Waals surface area contributed by atoms with Crippen molar-refractivity contribution in [3.63, 3.8) is 0 Å². The molecule has 6 heteroatoms. The molecule has 0 spiro atoms. The molecule has 1 aliphatic heterocycles. The van der Waals surface area contributed by atoms with E-state index in [4.69, 9.17) is 9.47 Å². The summed E-state index contributed by atoms with van der Waals surface area (Å²) in [6.07, 6.45) is 6.93. The second-order valence-electron chi connectivity index (χ2n) is 5.79. The number of nitrogens with zero attached hydrogens (tertiary/aromatic N) is 3. The van der Waals surface area contributed by atoms with Gasteiger partial charge >= 0.3 is 0 Å². The average Bonchev–Trinajstić information content (AvgIpc) is 3.18. The number of aryl methyl sites for hydroxylation is 1. The second kappa shape index (κ2) is 6.42. The van der Waals surface area contributed by atoms with Crippen molar-refractivity contribution in [2.45, 2.75) is 25.8 Å². The standard InChI is InChI=1S/C17H20N4O2/c1-2-7-22-8-3-9-23-14-4-5-16-15(10-14)17(20-19-16)13-11-18-21(6-1)12-13/h4-5,10-12H,1-3,6-9H2,(H,19,20). The van der Waals surface area contributed by atoms with E-state index in [1.807, 2.05) is 29.1 Å². The summed E-state index contributed by atoms with van der Waals surface area (Å²) in [5, 5.41) is 13.0. The minimum Gasteiger partial charge on any atom is -0.493 e. The number of benzene rings is 1. The molecule has 4 bridgehead atoms. The number of hydrogen-bond acceptors (Lipinski definition) is 4. The fourth-order valence-corrected chi connectivity index (χ4v) is 2.84. The Morgan fingerprint density at radius 1 is 1.09 bits per heavy atom. The third-order valence-corrected chi connectivity index (χ3v) is 4.07. The zero-order valence-corrected chi connectivity index (χ0v) is 13.0. The molecule has 4 rings (SSSR count). The maximum atomic E-state index is 5.83. The van der Waals surface area contributed by atoms with Gasteiger partial charge in [0.1, 0.15) is 11.4 Å². The SMILES string of the molecule is c1cc2[nH]nc3c2cc1OCCCOCCCCn1cc-3cn1. The molecule has 1 N–H and O–H groups in total. The second-order valence-corrected chi connectivity index (χ2v) is 5.79. The van der Waals surface area contributed by atoms with Crippen molar-refractivity contribution < 1.29 is 9.47 Å². The quantitative estimate of drug-likeness (QED) is 0.693. The van der Waals surface area contributed by atoms with Gasteiger partial charge < -0.3 is 9.47 Å². The van der Waals surface area contributed by atoms with Crippen LogP contribution in [0.15, 0.2) is 30.6 Å². The van der Waals surface area contributed by atoms with E-state index in [1.165, 1.54) is 0 Å². The molecule has 0 amide bonds. The minimum absolute atomic E-state index is 0.663. The smallest absolute Gasteiger partial charge is 0.120 e. The van der Waals surface area contributed by atoms with Crippen LogP contribution in [-0.4, -0.2) is 39.8 Å². The van der Waals surface area contributed by atoms with Crippen LogP contribution in [-0.2, 0) is 11.3 Å². The molecule has 6 nitrogen and oxygen atoms in total. The van der Waals surface area contributed by atoms with Crippen molar-refractivity contribution in [1.82, 2.24) is 20.0 Å². The highest BCUT2D eigenvalue weighted by Crippen LogP contribution is 2.29. The van der Waals surface area contributed by atoms with Crippen LogP contribution in [0.3, 0.4) is 0 Å². The van der Waals surface area contributed by atoms with E-state index in [0.29, 0.717) is 6.61 Å². The highest BCUT2D eigenvalue weighted by Gasteiger charge is 2.11. The lowest BCUT2D eigenvalue weighted by Crippen LogP contribution is -2.05. The number of ether oxygens (including phenoxy) is 2. The van der Waals surface area contributed by atoms with Crippen LogP contribution in [0.5, 0.6) is 5.75 Å². The molecule has 23 heavy (non-hydrogen) atoms. The topological polar surface area (TPSA) is 65.0 Å². The van der Waals surface area contributed by atoms with Crippen LogP contribution in [0.4, 0.5) is 0 Å². The van der Waals surface area contributed by atoms with Gasteiger partial charge in [0.25, 0.3) is 0 Å².